The highest BCUT2D eigenvalue weighted by molar-refractivity contribution is 7.99. The van der Waals surface area contributed by atoms with E-state index in [1.807, 2.05) is 29.6 Å². The second-order valence-electron chi connectivity index (χ2n) is 5.26. The van der Waals surface area contributed by atoms with Crippen molar-refractivity contribution in [1.29, 1.82) is 0 Å². The average Bonchev–Trinajstić information content (AvgIpc) is 2.87. The van der Waals surface area contributed by atoms with Gasteiger partial charge >= 0.3 is 0 Å². The summed E-state index contributed by atoms with van der Waals surface area (Å²) >= 11 is 1.64. The van der Waals surface area contributed by atoms with E-state index in [0.717, 1.165) is 39.8 Å². The summed E-state index contributed by atoms with van der Waals surface area (Å²) in [5.74, 6) is 0.832. The van der Waals surface area contributed by atoms with Gasteiger partial charge < -0.3 is 5.11 Å². The number of aryl methyl sites for hydroxylation is 2. The van der Waals surface area contributed by atoms with Gasteiger partial charge in [-0.1, -0.05) is 42.1 Å². The quantitative estimate of drug-likeness (QED) is 0.579. The van der Waals surface area contributed by atoms with Gasteiger partial charge in [0.25, 0.3) is 0 Å². The standard InChI is InChI=1S/C17H19N3OS/c1-12-11-13(2)19-20-16(12)15(14-7-4-3-5-8-14)18-17(20)22-10-6-9-21/h3-5,7-8,11,21H,6,9-10H2,1-2H3. The minimum Gasteiger partial charge on any atom is -0.396 e. The number of fused-ring (bicyclic) bond motifs is 1. The smallest absolute Gasteiger partial charge is 0.190 e. The van der Waals surface area contributed by atoms with E-state index in [2.05, 4.69) is 30.2 Å². The maximum atomic E-state index is 8.97. The molecule has 114 valence electrons. The molecule has 0 bridgehead atoms. The van der Waals surface area contributed by atoms with Crippen molar-refractivity contribution < 1.29 is 5.11 Å². The van der Waals surface area contributed by atoms with Gasteiger partial charge in [-0.2, -0.15) is 5.10 Å². The van der Waals surface area contributed by atoms with Crippen molar-refractivity contribution in [1.82, 2.24) is 14.6 Å². The topological polar surface area (TPSA) is 50.4 Å². The van der Waals surface area contributed by atoms with Crippen LogP contribution in [-0.2, 0) is 0 Å². The molecule has 0 fully saturated rings. The molecular weight excluding hydrogens is 294 g/mol. The first-order valence-corrected chi connectivity index (χ1v) is 8.35. The highest BCUT2D eigenvalue weighted by atomic mass is 32.2. The fraction of sp³-hybridized carbons (Fsp3) is 0.294. The minimum absolute atomic E-state index is 0.202. The number of rotatable bonds is 5. The number of aliphatic hydroxyl groups excluding tert-OH is 1. The molecule has 0 saturated heterocycles. The van der Waals surface area contributed by atoms with E-state index >= 15 is 0 Å². The summed E-state index contributed by atoms with van der Waals surface area (Å²) in [4.78, 5) is 4.82. The fourth-order valence-electron chi connectivity index (χ4n) is 2.53. The first kappa shape index (κ1) is 15.1. The molecule has 0 unspecified atom stereocenters. The van der Waals surface area contributed by atoms with Crippen LogP contribution in [0.3, 0.4) is 0 Å². The third kappa shape index (κ3) is 2.87. The largest absolute Gasteiger partial charge is 0.396 e. The van der Waals surface area contributed by atoms with Gasteiger partial charge in [0.2, 0.25) is 0 Å². The Morgan fingerprint density at radius 1 is 1.18 bits per heavy atom. The fourth-order valence-corrected chi connectivity index (χ4v) is 3.39. The lowest BCUT2D eigenvalue weighted by Gasteiger charge is -2.04. The third-order valence-corrected chi connectivity index (χ3v) is 4.48. The first-order chi connectivity index (χ1) is 10.7. The van der Waals surface area contributed by atoms with E-state index in [9.17, 15) is 0 Å². The van der Waals surface area contributed by atoms with E-state index in [1.165, 1.54) is 5.56 Å². The van der Waals surface area contributed by atoms with E-state index < -0.39 is 0 Å². The van der Waals surface area contributed by atoms with Crippen molar-refractivity contribution in [3.8, 4) is 11.3 Å². The number of aromatic nitrogens is 3. The lowest BCUT2D eigenvalue weighted by atomic mass is 10.1. The van der Waals surface area contributed by atoms with E-state index in [1.54, 1.807) is 11.8 Å². The number of hydrogen-bond acceptors (Lipinski definition) is 4. The van der Waals surface area contributed by atoms with Gasteiger partial charge in [0.05, 0.1) is 16.9 Å². The Morgan fingerprint density at radius 2 is 1.95 bits per heavy atom. The van der Waals surface area contributed by atoms with Gasteiger partial charge in [-0.3, -0.25) is 0 Å². The van der Waals surface area contributed by atoms with Gasteiger partial charge in [-0.15, -0.1) is 0 Å². The molecular formula is C17H19N3OS. The number of hydrogen-bond donors (Lipinski definition) is 1. The number of imidazole rings is 1. The Bertz CT molecular complexity index is 783. The zero-order valence-electron chi connectivity index (χ0n) is 12.8. The summed E-state index contributed by atoms with van der Waals surface area (Å²) < 4.78 is 1.94. The van der Waals surface area contributed by atoms with Crippen LogP contribution in [0, 0.1) is 13.8 Å². The summed E-state index contributed by atoms with van der Waals surface area (Å²) in [7, 11) is 0. The molecule has 5 heteroatoms. The maximum Gasteiger partial charge on any atom is 0.190 e. The summed E-state index contributed by atoms with van der Waals surface area (Å²) in [6, 6.07) is 12.3. The third-order valence-electron chi connectivity index (χ3n) is 3.46. The van der Waals surface area contributed by atoms with Crippen molar-refractivity contribution in [2.75, 3.05) is 12.4 Å². The molecule has 0 atom stereocenters. The van der Waals surface area contributed by atoms with E-state index in [4.69, 9.17) is 10.1 Å². The monoisotopic (exact) mass is 313 g/mol. The molecule has 22 heavy (non-hydrogen) atoms. The van der Waals surface area contributed by atoms with Gasteiger partial charge in [0, 0.05) is 17.9 Å². The lowest BCUT2D eigenvalue weighted by Crippen LogP contribution is -1.99. The predicted octanol–water partition coefficient (Wildman–Crippen LogP) is 3.49. The van der Waals surface area contributed by atoms with Crippen LogP contribution in [0.25, 0.3) is 16.8 Å². The minimum atomic E-state index is 0.202. The summed E-state index contributed by atoms with van der Waals surface area (Å²) in [6.07, 6.45) is 0.755. The molecule has 0 radical (unpaired) electrons. The van der Waals surface area contributed by atoms with Crippen LogP contribution in [0.4, 0.5) is 0 Å². The lowest BCUT2D eigenvalue weighted by molar-refractivity contribution is 0.296. The SMILES string of the molecule is Cc1cc(C)c2c(-c3ccccc3)nc(SCCCO)n2n1. The number of nitrogens with zero attached hydrogens (tertiary/aromatic N) is 3. The molecule has 2 heterocycles. The Hall–Kier alpha value is -1.85. The molecule has 3 aromatic rings. The molecule has 0 aliphatic heterocycles. The van der Waals surface area contributed by atoms with Gasteiger partial charge in [-0.25, -0.2) is 9.50 Å². The molecule has 1 aromatic carbocycles. The zero-order chi connectivity index (χ0) is 15.5. The van der Waals surface area contributed by atoms with Crippen LogP contribution in [0.2, 0.25) is 0 Å². The zero-order valence-corrected chi connectivity index (χ0v) is 13.6. The second kappa shape index (κ2) is 6.50. The molecule has 0 spiro atoms. The number of aliphatic hydroxyl groups is 1. The number of thioether (sulfide) groups is 1. The summed E-state index contributed by atoms with van der Waals surface area (Å²) in [5.41, 5.74) is 5.28. The molecule has 2 aromatic heterocycles. The van der Waals surface area contributed by atoms with Crippen LogP contribution < -0.4 is 0 Å². The molecule has 0 saturated carbocycles. The number of benzene rings is 1. The molecule has 0 aliphatic rings. The highest BCUT2D eigenvalue weighted by Gasteiger charge is 2.16. The summed E-state index contributed by atoms with van der Waals surface area (Å²) in [6.45, 7) is 4.30. The molecule has 0 amide bonds. The molecule has 1 N–H and O–H groups in total. The van der Waals surface area contributed by atoms with Crippen LogP contribution in [0.1, 0.15) is 17.7 Å². The Kier molecular flexibility index (Phi) is 4.45. The van der Waals surface area contributed by atoms with Gasteiger partial charge in [0.1, 0.15) is 0 Å². The van der Waals surface area contributed by atoms with Crippen LogP contribution in [-0.4, -0.2) is 32.1 Å². The second-order valence-corrected chi connectivity index (χ2v) is 6.33. The van der Waals surface area contributed by atoms with Gasteiger partial charge in [0.15, 0.2) is 5.16 Å². The van der Waals surface area contributed by atoms with Crippen molar-refractivity contribution in [2.45, 2.75) is 25.4 Å². The maximum absolute atomic E-state index is 8.97. The summed E-state index contributed by atoms with van der Waals surface area (Å²) in [5, 5.41) is 14.5. The molecule has 3 rings (SSSR count). The normalized spacial score (nSPS) is 11.2. The first-order valence-electron chi connectivity index (χ1n) is 7.37. The van der Waals surface area contributed by atoms with Crippen molar-refractivity contribution >= 4 is 17.3 Å². The van der Waals surface area contributed by atoms with Crippen molar-refractivity contribution in [3.63, 3.8) is 0 Å². The highest BCUT2D eigenvalue weighted by Crippen LogP contribution is 2.30. The molecule has 0 aliphatic carbocycles. The van der Waals surface area contributed by atoms with Crippen LogP contribution in [0.15, 0.2) is 41.6 Å². The van der Waals surface area contributed by atoms with Crippen LogP contribution in [0.5, 0.6) is 0 Å². The van der Waals surface area contributed by atoms with Gasteiger partial charge in [-0.05, 0) is 31.9 Å². The molecule has 4 nitrogen and oxygen atoms in total. The predicted molar refractivity (Wildman–Crippen MR) is 90.3 cm³/mol. The Balaban J connectivity index is 2.16. The van der Waals surface area contributed by atoms with Crippen LogP contribution >= 0.6 is 11.8 Å². The van der Waals surface area contributed by atoms with Crippen molar-refractivity contribution in [3.05, 3.63) is 47.7 Å². The van der Waals surface area contributed by atoms with E-state index in [0.29, 0.717) is 0 Å². The van der Waals surface area contributed by atoms with Crippen molar-refractivity contribution in [2.24, 2.45) is 0 Å². The Morgan fingerprint density at radius 3 is 2.68 bits per heavy atom. The van der Waals surface area contributed by atoms with E-state index in [-0.39, 0.29) is 6.61 Å². The Labute approximate surface area is 134 Å². The average molecular weight is 313 g/mol.